The molecule has 1 N–H and O–H groups in total. The van der Waals surface area contributed by atoms with Gasteiger partial charge in [0.05, 0.1) is 18.7 Å². The molecule has 1 fully saturated rings. The molecule has 3 rings (SSSR count). The van der Waals surface area contributed by atoms with Crippen molar-refractivity contribution in [3.05, 3.63) is 41.2 Å². The molecule has 2 heterocycles. The Kier molecular flexibility index (Phi) is 5.61. The average Bonchev–Trinajstić information content (AvgIpc) is 2.91. The lowest BCUT2D eigenvalue weighted by atomic mass is 9.96. The van der Waals surface area contributed by atoms with Crippen LogP contribution in [0.1, 0.15) is 37.8 Å². The summed E-state index contributed by atoms with van der Waals surface area (Å²) < 4.78 is 5.44. The van der Waals surface area contributed by atoms with Gasteiger partial charge in [0, 0.05) is 18.7 Å². The number of methoxy groups -OCH3 is 1. The molecule has 0 aromatic heterocycles. The Hall–Kier alpha value is -2.34. The number of ether oxygens (including phenoxy) is 1. The summed E-state index contributed by atoms with van der Waals surface area (Å²) >= 11 is 0. The zero-order valence-corrected chi connectivity index (χ0v) is 15.4. The number of hydrogen-bond acceptors (Lipinski definition) is 5. The number of aliphatic hydroxyl groups excluding tert-OH is 1. The number of amides is 1. The van der Waals surface area contributed by atoms with Crippen LogP contribution in [0.5, 0.6) is 5.75 Å². The van der Waals surface area contributed by atoms with Gasteiger partial charge in [0.2, 0.25) is 0 Å². The van der Waals surface area contributed by atoms with E-state index in [-0.39, 0.29) is 11.4 Å². The summed E-state index contributed by atoms with van der Waals surface area (Å²) in [5.41, 5.74) is 0.870. The van der Waals surface area contributed by atoms with Crippen LogP contribution < -0.4 is 4.74 Å². The summed E-state index contributed by atoms with van der Waals surface area (Å²) in [5.74, 6) is -0.621. The number of aliphatic hydroxyl groups is 1. The lowest BCUT2D eigenvalue weighted by Gasteiger charge is -2.32. The zero-order valence-electron chi connectivity index (χ0n) is 15.4. The molecule has 1 amide bonds. The first-order valence-electron chi connectivity index (χ1n) is 9.15. The standard InChI is InChI=1S/C20H26N2O4/c1-14(23)17-18(15-8-4-5-9-16(15)26-2)22(20(25)19(17)24)13-12-21-10-6-3-7-11-21/h4-5,8-9,18,24H,3,6-7,10-13H2,1-2H3. The first-order valence-corrected chi connectivity index (χ1v) is 9.15. The predicted molar refractivity (Wildman–Crippen MR) is 98.1 cm³/mol. The summed E-state index contributed by atoms with van der Waals surface area (Å²) in [6, 6.07) is 6.72. The van der Waals surface area contributed by atoms with Crippen molar-refractivity contribution in [2.24, 2.45) is 0 Å². The highest BCUT2D eigenvalue weighted by Crippen LogP contribution is 2.41. The Bertz CT molecular complexity index is 722. The third-order valence-corrected chi connectivity index (χ3v) is 5.22. The molecule has 0 saturated carbocycles. The van der Waals surface area contributed by atoms with E-state index in [1.165, 1.54) is 26.2 Å². The van der Waals surface area contributed by atoms with Gasteiger partial charge in [0.25, 0.3) is 5.91 Å². The van der Waals surface area contributed by atoms with E-state index >= 15 is 0 Å². The average molecular weight is 358 g/mol. The van der Waals surface area contributed by atoms with Gasteiger partial charge in [-0.25, -0.2) is 0 Å². The summed E-state index contributed by atoms with van der Waals surface area (Å²) in [6.07, 6.45) is 3.60. The second-order valence-electron chi connectivity index (χ2n) is 6.86. The van der Waals surface area contributed by atoms with Crippen LogP contribution in [0.4, 0.5) is 0 Å². The van der Waals surface area contributed by atoms with Gasteiger partial charge >= 0.3 is 0 Å². The molecule has 0 bridgehead atoms. The summed E-state index contributed by atoms with van der Waals surface area (Å²) in [6.45, 7) is 4.63. The van der Waals surface area contributed by atoms with Crippen LogP contribution in [-0.4, -0.2) is 59.9 Å². The van der Waals surface area contributed by atoms with Crippen LogP contribution in [0.2, 0.25) is 0 Å². The van der Waals surface area contributed by atoms with Gasteiger partial charge < -0.3 is 19.6 Å². The number of piperidine rings is 1. The topological polar surface area (TPSA) is 70.1 Å². The van der Waals surface area contributed by atoms with E-state index in [1.54, 1.807) is 18.1 Å². The number of carbonyl (C=O) groups excluding carboxylic acids is 2. The maximum Gasteiger partial charge on any atom is 0.290 e. The number of ketones is 1. The quantitative estimate of drug-likeness (QED) is 0.846. The number of likely N-dealkylation sites (tertiary alicyclic amines) is 1. The Labute approximate surface area is 154 Å². The van der Waals surface area contributed by atoms with E-state index < -0.39 is 17.7 Å². The van der Waals surface area contributed by atoms with Crippen molar-refractivity contribution in [1.29, 1.82) is 0 Å². The fourth-order valence-corrected chi connectivity index (χ4v) is 3.89. The number of nitrogens with zero attached hydrogens (tertiary/aromatic N) is 2. The van der Waals surface area contributed by atoms with E-state index in [4.69, 9.17) is 4.74 Å². The van der Waals surface area contributed by atoms with E-state index in [1.807, 2.05) is 18.2 Å². The van der Waals surface area contributed by atoms with Gasteiger partial charge in [-0.05, 0) is 38.9 Å². The third-order valence-electron chi connectivity index (χ3n) is 5.22. The fraction of sp³-hybridized carbons (Fsp3) is 0.500. The van der Waals surface area contributed by atoms with Crippen LogP contribution >= 0.6 is 0 Å². The SMILES string of the molecule is COc1ccccc1C1C(C(C)=O)=C(O)C(=O)N1CCN1CCCCC1. The first-order chi connectivity index (χ1) is 12.5. The third kappa shape index (κ3) is 3.46. The lowest BCUT2D eigenvalue weighted by molar-refractivity contribution is -0.129. The smallest absolute Gasteiger partial charge is 0.290 e. The zero-order chi connectivity index (χ0) is 18.7. The minimum absolute atomic E-state index is 0.151. The molecule has 2 aliphatic heterocycles. The van der Waals surface area contributed by atoms with Crippen LogP contribution in [0.25, 0.3) is 0 Å². The molecule has 6 heteroatoms. The second kappa shape index (κ2) is 7.91. The molecule has 1 aromatic rings. The molecule has 26 heavy (non-hydrogen) atoms. The molecule has 1 unspecified atom stereocenters. The number of carbonyl (C=O) groups is 2. The van der Waals surface area contributed by atoms with Crippen molar-refractivity contribution in [3.63, 3.8) is 0 Å². The molecule has 0 aliphatic carbocycles. The van der Waals surface area contributed by atoms with Gasteiger partial charge in [-0.15, -0.1) is 0 Å². The highest BCUT2D eigenvalue weighted by molar-refractivity contribution is 6.08. The molecule has 2 aliphatic rings. The molecular weight excluding hydrogens is 332 g/mol. The minimum atomic E-state index is -0.610. The van der Waals surface area contributed by atoms with Crippen LogP contribution in [0.3, 0.4) is 0 Å². The number of Topliss-reactive ketones (excluding diaryl/α,β-unsaturated/α-hetero) is 1. The minimum Gasteiger partial charge on any atom is -0.503 e. The van der Waals surface area contributed by atoms with E-state index in [9.17, 15) is 14.7 Å². The fourth-order valence-electron chi connectivity index (χ4n) is 3.89. The Morgan fingerprint density at radius 1 is 1.19 bits per heavy atom. The number of hydrogen-bond donors (Lipinski definition) is 1. The molecule has 0 radical (unpaired) electrons. The number of benzene rings is 1. The summed E-state index contributed by atoms with van der Waals surface area (Å²) in [7, 11) is 1.56. The van der Waals surface area contributed by atoms with Crippen LogP contribution in [0, 0.1) is 0 Å². The first kappa shape index (κ1) is 18.5. The summed E-state index contributed by atoms with van der Waals surface area (Å²) in [4.78, 5) is 28.8. The van der Waals surface area contributed by atoms with Crippen LogP contribution in [-0.2, 0) is 9.59 Å². The van der Waals surface area contributed by atoms with Crippen molar-refractivity contribution in [3.8, 4) is 5.75 Å². The monoisotopic (exact) mass is 358 g/mol. The highest BCUT2D eigenvalue weighted by Gasteiger charge is 2.43. The van der Waals surface area contributed by atoms with Crippen molar-refractivity contribution in [1.82, 2.24) is 9.80 Å². The second-order valence-corrected chi connectivity index (χ2v) is 6.86. The maximum atomic E-state index is 12.7. The molecule has 1 atom stereocenters. The van der Waals surface area contributed by atoms with Crippen molar-refractivity contribution < 1.29 is 19.4 Å². The van der Waals surface area contributed by atoms with Crippen molar-refractivity contribution >= 4 is 11.7 Å². The van der Waals surface area contributed by atoms with E-state index in [0.717, 1.165) is 25.2 Å². The van der Waals surface area contributed by atoms with Crippen molar-refractivity contribution in [2.45, 2.75) is 32.2 Å². The van der Waals surface area contributed by atoms with Gasteiger partial charge in [0.15, 0.2) is 11.5 Å². The molecule has 1 saturated heterocycles. The van der Waals surface area contributed by atoms with Gasteiger partial charge in [-0.2, -0.15) is 0 Å². The molecule has 1 aromatic carbocycles. The predicted octanol–water partition coefficient (Wildman–Crippen LogP) is 2.47. The summed E-state index contributed by atoms with van der Waals surface area (Å²) in [5, 5.41) is 10.3. The number of para-hydroxylation sites is 1. The molecule has 0 spiro atoms. The van der Waals surface area contributed by atoms with Crippen molar-refractivity contribution in [2.75, 3.05) is 33.3 Å². The highest BCUT2D eigenvalue weighted by atomic mass is 16.5. The Morgan fingerprint density at radius 2 is 1.88 bits per heavy atom. The normalized spacial score (nSPS) is 21.4. The molecular formula is C20H26N2O4. The Morgan fingerprint density at radius 3 is 2.54 bits per heavy atom. The van der Waals surface area contributed by atoms with Gasteiger partial charge in [-0.1, -0.05) is 24.6 Å². The van der Waals surface area contributed by atoms with Gasteiger partial charge in [0.1, 0.15) is 5.75 Å². The van der Waals surface area contributed by atoms with Gasteiger partial charge in [-0.3, -0.25) is 9.59 Å². The molecule has 140 valence electrons. The lowest BCUT2D eigenvalue weighted by Crippen LogP contribution is -2.40. The number of rotatable bonds is 6. The largest absolute Gasteiger partial charge is 0.503 e. The van der Waals surface area contributed by atoms with Crippen LogP contribution in [0.15, 0.2) is 35.6 Å². The van der Waals surface area contributed by atoms with E-state index in [2.05, 4.69) is 4.90 Å². The maximum absolute atomic E-state index is 12.7. The molecule has 6 nitrogen and oxygen atoms in total. The van der Waals surface area contributed by atoms with E-state index in [0.29, 0.717) is 12.3 Å². The Balaban J connectivity index is 1.91.